The van der Waals surface area contributed by atoms with Crippen LogP contribution in [0.2, 0.25) is 0 Å². The molecule has 2 aromatic rings. The molecule has 1 aromatic heterocycles. The zero-order chi connectivity index (χ0) is 23.5. The van der Waals surface area contributed by atoms with Crippen molar-refractivity contribution in [3.63, 3.8) is 0 Å². The van der Waals surface area contributed by atoms with E-state index in [1.165, 1.54) is 18.2 Å². The first-order chi connectivity index (χ1) is 16.0. The monoisotopic (exact) mass is 568 g/mol. The maximum Gasteiger partial charge on any atom is 0.267 e. The van der Waals surface area contributed by atoms with E-state index in [-0.39, 0.29) is 18.3 Å². The Hall–Kier alpha value is -2.57. The minimum atomic E-state index is -0.399. The van der Waals surface area contributed by atoms with Gasteiger partial charge in [0.2, 0.25) is 5.91 Å². The average Bonchev–Trinajstić information content (AvgIpc) is 2.82. The van der Waals surface area contributed by atoms with Crippen LogP contribution in [-0.4, -0.2) is 42.8 Å². The van der Waals surface area contributed by atoms with Crippen LogP contribution in [0.1, 0.15) is 30.4 Å². The molecule has 3 rings (SSSR count). The van der Waals surface area contributed by atoms with E-state index in [4.69, 9.17) is 9.57 Å². The second-order valence-corrected chi connectivity index (χ2v) is 8.55. The van der Waals surface area contributed by atoms with Crippen LogP contribution in [0.25, 0.3) is 6.08 Å². The Kier molecular flexibility index (Phi) is 10.0. The van der Waals surface area contributed by atoms with Gasteiger partial charge in [-0.25, -0.2) is 19.7 Å². The summed E-state index contributed by atoms with van der Waals surface area (Å²) in [6.07, 6.45) is 7.59. The van der Waals surface area contributed by atoms with Gasteiger partial charge in [0.05, 0.1) is 10.1 Å². The molecule has 8 nitrogen and oxygen atoms in total. The Morgan fingerprint density at radius 2 is 2.09 bits per heavy atom. The minimum Gasteiger partial charge on any atom is -0.360 e. The molecule has 2 heterocycles. The van der Waals surface area contributed by atoms with Crippen LogP contribution < -0.4 is 16.1 Å². The topological polar surface area (TPSA) is 102 Å². The second kappa shape index (κ2) is 13.2. The van der Waals surface area contributed by atoms with Crippen molar-refractivity contribution in [2.24, 2.45) is 0 Å². The highest BCUT2D eigenvalue weighted by molar-refractivity contribution is 14.1. The number of rotatable bonds is 10. The number of anilines is 1. The van der Waals surface area contributed by atoms with E-state index in [2.05, 4.69) is 43.7 Å². The van der Waals surface area contributed by atoms with E-state index in [1.807, 2.05) is 6.07 Å². The smallest absolute Gasteiger partial charge is 0.267 e. The summed E-state index contributed by atoms with van der Waals surface area (Å²) >= 11 is 2.11. The number of carbonyl (C=O) groups excluding carboxylic acids is 2. The number of pyridine rings is 1. The van der Waals surface area contributed by atoms with Crippen LogP contribution in [0.15, 0.2) is 42.6 Å². The van der Waals surface area contributed by atoms with Crippen molar-refractivity contribution in [2.75, 3.05) is 25.0 Å². The van der Waals surface area contributed by atoms with E-state index in [0.717, 1.165) is 34.0 Å². The third kappa shape index (κ3) is 9.06. The number of ether oxygens (including phenoxy) is 1. The molecule has 1 unspecified atom stereocenters. The molecule has 1 saturated heterocycles. The summed E-state index contributed by atoms with van der Waals surface area (Å²) in [6.45, 7) is 1.17. The van der Waals surface area contributed by atoms with E-state index < -0.39 is 12.2 Å². The van der Waals surface area contributed by atoms with Crippen LogP contribution in [0.4, 0.5) is 10.2 Å². The van der Waals surface area contributed by atoms with E-state index in [0.29, 0.717) is 25.4 Å². The maximum atomic E-state index is 12.9. The molecule has 176 valence electrons. The van der Waals surface area contributed by atoms with Gasteiger partial charge in [-0.15, -0.1) is 0 Å². The molecule has 0 aliphatic carbocycles. The van der Waals surface area contributed by atoms with E-state index in [9.17, 15) is 14.0 Å². The molecule has 0 radical (unpaired) electrons. The van der Waals surface area contributed by atoms with Crippen molar-refractivity contribution in [3.05, 3.63) is 63.1 Å². The summed E-state index contributed by atoms with van der Waals surface area (Å²) in [5.41, 5.74) is 4.05. The summed E-state index contributed by atoms with van der Waals surface area (Å²) in [6, 6.07) is 8.04. The van der Waals surface area contributed by atoms with Gasteiger partial charge in [0.15, 0.2) is 6.29 Å². The second-order valence-electron chi connectivity index (χ2n) is 7.39. The van der Waals surface area contributed by atoms with Crippen LogP contribution in [-0.2, 0) is 25.6 Å². The quantitative estimate of drug-likeness (QED) is 0.231. The van der Waals surface area contributed by atoms with Gasteiger partial charge in [-0.05, 0) is 77.3 Å². The van der Waals surface area contributed by atoms with Gasteiger partial charge in [-0.1, -0.05) is 12.1 Å². The van der Waals surface area contributed by atoms with Gasteiger partial charge < -0.3 is 15.4 Å². The Morgan fingerprint density at radius 1 is 1.27 bits per heavy atom. The summed E-state index contributed by atoms with van der Waals surface area (Å²) in [5, 5.41) is 5.81. The fourth-order valence-corrected chi connectivity index (χ4v) is 3.72. The fraction of sp³-hybridized carbons (Fsp3) is 0.348. The molecule has 0 spiro atoms. The molecule has 1 aliphatic heterocycles. The standard InChI is InChI=1S/C23H26FIN4O4/c24-18-7-4-16(5-8-18)10-11-26-21(31)15-28-23-19(25)13-17(14-27-23)6-9-20(30)29-33-22-3-1-2-12-32-22/h4-9,13-14,22H,1-3,10-12,15H2,(H,26,31)(H,27,28)(H,29,30)/b9-6+. The van der Waals surface area contributed by atoms with Gasteiger partial charge in [0.25, 0.3) is 5.91 Å². The van der Waals surface area contributed by atoms with Gasteiger partial charge in [0.1, 0.15) is 11.6 Å². The lowest BCUT2D eigenvalue weighted by atomic mass is 10.1. The largest absolute Gasteiger partial charge is 0.360 e. The molecule has 2 amide bonds. The Labute approximate surface area is 205 Å². The van der Waals surface area contributed by atoms with Crippen molar-refractivity contribution < 1.29 is 23.6 Å². The molecule has 3 N–H and O–H groups in total. The van der Waals surface area contributed by atoms with Gasteiger partial charge in [-0.2, -0.15) is 0 Å². The first-order valence-electron chi connectivity index (χ1n) is 10.7. The number of hydrogen-bond acceptors (Lipinski definition) is 6. The number of halogens is 2. The van der Waals surface area contributed by atoms with Crippen LogP contribution in [0.5, 0.6) is 0 Å². The molecule has 10 heteroatoms. The Morgan fingerprint density at radius 3 is 2.82 bits per heavy atom. The lowest BCUT2D eigenvalue weighted by Crippen LogP contribution is -2.32. The lowest BCUT2D eigenvalue weighted by Gasteiger charge is -2.21. The Balaban J connectivity index is 1.38. The van der Waals surface area contributed by atoms with Crippen LogP contribution in [0, 0.1) is 9.39 Å². The molecular formula is C23H26FIN4O4. The summed E-state index contributed by atoms with van der Waals surface area (Å²) < 4.78 is 19.1. The predicted octanol–water partition coefficient (Wildman–Crippen LogP) is 3.18. The molecule has 1 atom stereocenters. The zero-order valence-electron chi connectivity index (χ0n) is 18.0. The van der Waals surface area contributed by atoms with Crippen molar-refractivity contribution in [1.82, 2.24) is 15.8 Å². The molecule has 0 bridgehead atoms. The third-order valence-corrected chi connectivity index (χ3v) is 5.61. The average molecular weight is 568 g/mol. The van der Waals surface area contributed by atoms with E-state index in [1.54, 1.807) is 24.4 Å². The van der Waals surface area contributed by atoms with Gasteiger partial charge in [-0.3, -0.25) is 9.59 Å². The highest BCUT2D eigenvalue weighted by atomic mass is 127. The van der Waals surface area contributed by atoms with E-state index >= 15 is 0 Å². The molecule has 0 saturated carbocycles. The first-order valence-corrected chi connectivity index (χ1v) is 11.7. The molecule has 1 fully saturated rings. The van der Waals surface area contributed by atoms with Crippen molar-refractivity contribution in [3.8, 4) is 0 Å². The van der Waals surface area contributed by atoms with Gasteiger partial charge >= 0.3 is 0 Å². The number of hydrogen-bond donors (Lipinski definition) is 3. The summed E-state index contributed by atoms with van der Waals surface area (Å²) in [5.74, 6) is -0.266. The fourth-order valence-electron chi connectivity index (χ4n) is 3.03. The number of amides is 2. The predicted molar refractivity (Wildman–Crippen MR) is 130 cm³/mol. The number of nitrogens with zero attached hydrogens (tertiary/aromatic N) is 1. The molecule has 33 heavy (non-hydrogen) atoms. The molecular weight excluding hydrogens is 542 g/mol. The first kappa shape index (κ1) is 25.1. The number of hydroxylamine groups is 1. The number of carbonyl (C=O) groups is 2. The van der Waals surface area contributed by atoms with Crippen LogP contribution >= 0.6 is 22.6 Å². The number of nitrogens with one attached hydrogen (secondary N) is 3. The van der Waals surface area contributed by atoms with Crippen LogP contribution in [0.3, 0.4) is 0 Å². The molecule has 1 aromatic carbocycles. The number of aromatic nitrogens is 1. The highest BCUT2D eigenvalue weighted by Gasteiger charge is 2.15. The third-order valence-electron chi connectivity index (χ3n) is 4.78. The van der Waals surface area contributed by atoms with Gasteiger partial charge in [0, 0.05) is 31.8 Å². The SMILES string of the molecule is O=C(/C=C/c1cnc(NCC(=O)NCCc2ccc(F)cc2)c(I)c1)NOC1CCCCO1. The molecule has 1 aliphatic rings. The lowest BCUT2D eigenvalue weighted by molar-refractivity contribution is -0.198. The highest BCUT2D eigenvalue weighted by Crippen LogP contribution is 2.17. The normalized spacial score (nSPS) is 15.9. The summed E-state index contributed by atoms with van der Waals surface area (Å²) in [7, 11) is 0. The Bertz CT molecular complexity index is 965. The number of benzene rings is 1. The zero-order valence-corrected chi connectivity index (χ0v) is 20.1. The maximum absolute atomic E-state index is 12.9. The van der Waals surface area contributed by atoms with Crippen molar-refractivity contribution >= 4 is 46.3 Å². The summed E-state index contributed by atoms with van der Waals surface area (Å²) in [4.78, 5) is 33.5. The van der Waals surface area contributed by atoms with Crippen molar-refractivity contribution in [2.45, 2.75) is 32.0 Å². The minimum absolute atomic E-state index is 0.0740. The van der Waals surface area contributed by atoms with Crippen molar-refractivity contribution in [1.29, 1.82) is 0 Å².